The van der Waals surface area contributed by atoms with Crippen molar-refractivity contribution in [3.8, 4) is 6.07 Å². The number of oxazole rings is 1. The lowest BCUT2D eigenvalue weighted by Crippen LogP contribution is -2.34. The number of benzene rings is 1. The zero-order valence-electron chi connectivity index (χ0n) is 16.2. The summed E-state index contributed by atoms with van der Waals surface area (Å²) in [6, 6.07) is 9.90. The van der Waals surface area contributed by atoms with Crippen molar-refractivity contribution >= 4 is 33.4 Å². The van der Waals surface area contributed by atoms with Crippen LogP contribution in [0.4, 0.5) is 5.00 Å². The fraction of sp³-hybridized carbons (Fsp3) is 0.381. The third-order valence-electron chi connectivity index (χ3n) is 5.15. The Morgan fingerprint density at radius 1 is 1.48 bits per heavy atom. The van der Waals surface area contributed by atoms with Gasteiger partial charge < -0.3 is 14.9 Å². The number of nitrogens with two attached hydrogens (primary N) is 1. The van der Waals surface area contributed by atoms with Crippen molar-refractivity contribution in [1.82, 2.24) is 9.88 Å². The summed E-state index contributed by atoms with van der Waals surface area (Å²) in [5, 5.41) is 9.90. The number of nitrogen functional groups attached to an aromatic ring is 1. The second kappa shape index (κ2) is 8.23. The van der Waals surface area contributed by atoms with Gasteiger partial charge in [-0.3, -0.25) is 4.90 Å². The van der Waals surface area contributed by atoms with E-state index in [4.69, 9.17) is 14.9 Å². The highest BCUT2D eigenvalue weighted by Gasteiger charge is 2.29. The number of piperidine rings is 1. The maximum absolute atomic E-state index is 12.4. The van der Waals surface area contributed by atoms with Gasteiger partial charge in [-0.25, -0.2) is 9.78 Å². The van der Waals surface area contributed by atoms with E-state index >= 15 is 0 Å². The summed E-state index contributed by atoms with van der Waals surface area (Å²) in [6.45, 7) is 4.13. The summed E-state index contributed by atoms with van der Waals surface area (Å²) in [5.74, 6) is 0.490. The van der Waals surface area contributed by atoms with E-state index in [0.717, 1.165) is 54.3 Å². The van der Waals surface area contributed by atoms with E-state index in [1.165, 1.54) is 0 Å². The first-order valence-corrected chi connectivity index (χ1v) is 10.5. The van der Waals surface area contributed by atoms with Crippen LogP contribution in [0.1, 0.15) is 52.4 Å². The summed E-state index contributed by atoms with van der Waals surface area (Å²) in [7, 11) is 0. The highest BCUT2D eigenvalue weighted by Crippen LogP contribution is 2.34. The molecule has 0 amide bonds. The molecular formula is C21H22N4O3S. The van der Waals surface area contributed by atoms with Crippen molar-refractivity contribution in [3.05, 3.63) is 46.2 Å². The van der Waals surface area contributed by atoms with E-state index in [9.17, 15) is 10.1 Å². The van der Waals surface area contributed by atoms with Crippen molar-refractivity contribution in [1.29, 1.82) is 5.26 Å². The zero-order valence-corrected chi connectivity index (χ0v) is 17.0. The van der Waals surface area contributed by atoms with Crippen molar-refractivity contribution in [2.45, 2.75) is 32.2 Å². The summed E-state index contributed by atoms with van der Waals surface area (Å²) in [4.78, 5) is 19.7. The number of fused-ring (bicyclic) bond motifs is 1. The topological polar surface area (TPSA) is 105 Å². The predicted molar refractivity (Wildman–Crippen MR) is 111 cm³/mol. The number of para-hydroxylation sites is 2. The van der Waals surface area contributed by atoms with Crippen LogP contribution < -0.4 is 5.73 Å². The van der Waals surface area contributed by atoms with Gasteiger partial charge in [0.2, 0.25) is 0 Å². The average Bonchev–Trinajstić information content (AvgIpc) is 3.29. The van der Waals surface area contributed by atoms with E-state index in [0.29, 0.717) is 27.5 Å². The fourth-order valence-corrected chi connectivity index (χ4v) is 4.73. The second-order valence-electron chi connectivity index (χ2n) is 7.08. The molecule has 2 N–H and O–H groups in total. The number of hydrogen-bond acceptors (Lipinski definition) is 8. The summed E-state index contributed by atoms with van der Waals surface area (Å²) < 4.78 is 11.1. The van der Waals surface area contributed by atoms with E-state index in [2.05, 4.69) is 16.0 Å². The van der Waals surface area contributed by atoms with Crippen molar-refractivity contribution in [2.75, 3.05) is 25.4 Å². The normalized spacial score (nSPS) is 17.3. The number of esters is 1. The number of rotatable bonds is 5. The van der Waals surface area contributed by atoms with Gasteiger partial charge in [0.1, 0.15) is 21.5 Å². The van der Waals surface area contributed by atoms with Crippen LogP contribution in [0, 0.1) is 11.3 Å². The Bertz CT molecular complexity index is 1050. The lowest BCUT2D eigenvalue weighted by Gasteiger charge is -2.31. The van der Waals surface area contributed by atoms with Crippen LogP contribution in [0.25, 0.3) is 11.1 Å². The van der Waals surface area contributed by atoms with Gasteiger partial charge in [0.05, 0.1) is 12.2 Å². The second-order valence-corrected chi connectivity index (χ2v) is 8.13. The number of carbonyl (C=O) groups is 1. The Kier molecular flexibility index (Phi) is 5.51. The number of nitriles is 1. The lowest BCUT2D eigenvalue weighted by atomic mass is 9.97. The molecule has 1 unspecified atom stereocenters. The van der Waals surface area contributed by atoms with Gasteiger partial charge in [-0.1, -0.05) is 12.1 Å². The summed E-state index contributed by atoms with van der Waals surface area (Å²) in [6.07, 6.45) is 1.98. The minimum absolute atomic E-state index is 0.170. The maximum atomic E-state index is 12.4. The van der Waals surface area contributed by atoms with Crippen LogP contribution in [-0.2, 0) is 11.3 Å². The van der Waals surface area contributed by atoms with E-state index in [-0.39, 0.29) is 12.5 Å². The van der Waals surface area contributed by atoms with Crippen molar-refractivity contribution in [2.24, 2.45) is 0 Å². The van der Waals surface area contributed by atoms with Crippen LogP contribution in [-0.4, -0.2) is 35.5 Å². The third kappa shape index (κ3) is 3.84. The molecule has 1 saturated heterocycles. The Hall–Kier alpha value is -2.89. The molecule has 1 aliphatic rings. The quantitative estimate of drug-likeness (QED) is 0.636. The van der Waals surface area contributed by atoms with Crippen molar-refractivity contribution < 1.29 is 13.9 Å². The minimum atomic E-state index is -0.423. The third-order valence-corrected chi connectivity index (χ3v) is 6.20. The Balaban J connectivity index is 1.57. The van der Waals surface area contributed by atoms with E-state index in [1.807, 2.05) is 24.3 Å². The van der Waals surface area contributed by atoms with Gasteiger partial charge in [-0.05, 0) is 38.4 Å². The first-order chi connectivity index (χ1) is 14.1. The number of hydrogen-bond donors (Lipinski definition) is 1. The highest BCUT2D eigenvalue weighted by atomic mass is 32.1. The van der Waals surface area contributed by atoms with Gasteiger partial charge in [-0.15, -0.1) is 11.3 Å². The number of likely N-dealkylation sites (tertiary alicyclic amines) is 1. The van der Waals surface area contributed by atoms with Gasteiger partial charge in [0, 0.05) is 24.6 Å². The molecule has 0 radical (unpaired) electrons. The first-order valence-electron chi connectivity index (χ1n) is 9.66. The minimum Gasteiger partial charge on any atom is -0.462 e. The maximum Gasteiger partial charge on any atom is 0.348 e. The largest absolute Gasteiger partial charge is 0.462 e. The molecule has 0 bridgehead atoms. The SMILES string of the molecule is CCOC(=O)c1sc(N)c(C#N)c1CN1CCCC(c2nc3ccccc3o2)C1. The molecule has 4 rings (SSSR count). The molecule has 29 heavy (non-hydrogen) atoms. The average molecular weight is 410 g/mol. The fourth-order valence-electron chi connectivity index (χ4n) is 3.81. The Morgan fingerprint density at radius 2 is 2.31 bits per heavy atom. The molecule has 150 valence electrons. The van der Waals surface area contributed by atoms with Gasteiger partial charge in [0.15, 0.2) is 11.5 Å². The van der Waals surface area contributed by atoms with Crippen LogP contribution in [0.2, 0.25) is 0 Å². The van der Waals surface area contributed by atoms with Crippen molar-refractivity contribution in [3.63, 3.8) is 0 Å². The van der Waals surface area contributed by atoms with Gasteiger partial charge >= 0.3 is 5.97 Å². The standard InChI is InChI=1S/C21H22N4O3S/c1-2-27-21(26)18-15(14(10-22)19(23)29-18)12-25-9-5-6-13(11-25)20-24-16-7-3-4-8-17(16)28-20/h3-4,7-8,13H,2,5-6,9,11-12,23H2,1H3. The predicted octanol–water partition coefficient (Wildman–Crippen LogP) is 3.90. The molecule has 0 saturated carbocycles. The number of aromatic nitrogens is 1. The van der Waals surface area contributed by atoms with Gasteiger partial charge in [0.25, 0.3) is 0 Å². The molecule has 2 aromatic heterocycles. The molecular weight excluding hydrogens is 388 g/mol. The Labute approximate surface area is 172 Å². The first kappa shape index (κ1) is 19.4. The van der Waals surface area contributed by atoms with E-state index < -0.39 is 5.97 Å². The number of nitrogens with zero attached hydrogens (tertiary/aromatic N) is 3. The molecule has 3 heterocycles. The highest BCUT2D eigenvalue weighted by molar-refractivity contribution is 7.18. The number of thiophene rings is 1. The number of anilines is 1. The molecule has 0 aliphatic carbocycles. The van der Waals surface area contributed by atoms with Crippen LogP contribution >= 0.6 is 11.3 Å². The van der Waals surface area contributed by atoms with Crippen LogP contribution in [0.5, 0.6) is 0 Å². The lowest BCUT2D eigenvalue weighted by molar-refractivity contribution is 0.0529. The summed E-state index contributed by atoms with van der Waals surface area (Å²) >= 11 is 1.13. The van der Waals surface area contributed by atoms with E-state index in [1.54, 1.807) is 6.92 Å². The zero-order chi connectivity index (χ0) is 20.4. The smallest absolute Gasteiger partial charge is 0.348 e. The molecule has 1 atom stereocenters. The molecule has 1 fully saturated rings. The molecule has 3 aromatic rings. The number of carbonyl (C=O) groups excluding carboxylic acids is 1. The van der Waals surface area contributed by atoms with Crippen LogP contribution in [0.15, 0.2) is 28.7 Å². The molecule has 7 nitrogen and oxygen atoms in total. The summed E-state index contributed by atoms with van der Waals surface area (Å²) in [5.41, 5.74) is 8.69. The van der Waals surface area contributed by atoms with Gasteiger partial charge in [-0.2, -0.15) is 5.26 Å². The Morgan fingerprint density at radius 3 is 3.07 bits per heavy atom. The molecule has 1 aromatic carbocycles. The molecule has 1 aliphatic heterocycles. The number of ether oxygens (including phenoxy) is 1. The molecule has 8 heteroatoms. The monoisotopic (exact) mass is 410 g/mol. The molecule has 0 spiro atoms. The van der Waals surface area contributed by atoms with Crippen LogP contribution in [0.3, 0.4) is 0 Å².